The second kappa shape index (κ2) is 13.2. The first kappa shape index (κ1) is 32.8. The molecule has 45 heavy (non-hydrogen) atoms. The highest BCUT2D eigenvalue weighted by molar-refractivity contribution is 6.01. The Bertz CT molecular complexity index is 1800. The van der Waals surface area contributed by atoms with Gasteiger partial charge in [0.25, 0.3) is 0 Å². The zero-order valence-corrected chi connectivity index (χ0v) is 25.6. The van der Waals surface area contributed by atoms with E-state index >= 15 is 4.39 Å². The Morgan fingerprint density at radius 2 is 1.69 bits per heavy atom. The van der Waals surface area contributed by atoms with Gasteiger partial charge in [0.15, 0.2) is 0 Å². The number of carbonyl (C=O) groups excluding carboxylic acids is 4. The zero-order chi connectivity index (χ0) is 33.1. The minimum atomic E-state index is -1.12. The summed E-state index contributed by atoms with van der Waals surface area (Å²) in [7, 11) is 0. The molecule has 238 valence electrons. The van der Waals surface area contributed by atoms with E-state index < -0.39 is 41.1 Å². The molecule has 0 fully saturated rings. The molecule has 2 aromatic carbocycles. The van der Waals surface area contributed by atoms with Crippen LogP contribution in [0.2, 0.25) is 0 Å². The van der Waals surface area contributed by atoms with E-state index in [0.717, 1.165) is 4.68 Å². The quantitative estimate of drug-likeness (QED) is 0.212. The van der Waals surface area contributed by atoms with E-state index in [2.05, 4.69) is 20.8 Å². The molecule has 3 N–H and O–H groups in total. The van der Waals surface area contributed by atoms with Gasteiger partial charge in [0.05, 0.1) is 35.9 Å². The molecule has 2 heterocycles. The number of nitrogens with zero attached hydrogens (tertiary/aromatic N) is 4. The van der Waals surface area contributed by atoms with Crippen molar-refractivity contribution in [2.24, 2.45) is 0 Å². The van der Waals surface area contributed by atoms with Crippen LogP contribution in [0.3, 0.4) is 0 Å². The number of nitrogens with one attached hydrogen (secondary N) is 2. The van der Waals surface area contributed by atoms with Gasteiger partial charge in [0.2, 0.25) is 17.7 Å². The van der Waals surface area contributed by atoms with Crippen LogP contribution >= 0.6 is 0 Å². The Hall–Kier alpha value is -5.14. The number of aliphatic carboxylic acids is 1. The molecule has 0 aliphatic rings. The lowest BCUT2D eigenvalue weighted by Crippen LogP contribution is -2.41. The summed E-state index contributed by atoms with van der Waals surface area (Å²) in [5.74, 6) is -4.03. The van der Waals surface area contributed by atoms with Gasteiger partial charge in [-0.25, -0.2) is 9.07 Å². The summed E-state index contributed by atoms with van der Waals surface area (Å²) in [4.78, 5) is 60.4. The van der Waals surface area contributed by atoms with Gasteiger partial charge >= 0.3 is 11.9 Å². The first-order chi connectivity index (χ1) is 21.1. The van der Waals surface area contributed by atoms with E-state index in [-0.39, 0.29) is 44.0 Å². The zero-order valence-electron chi connectivity index (χ0n) is 25.6. The molecule has 2 amide bonds. The fourth-order valence-electron chi connectivity index (χ4n) is 4.76. The van der Waals surface area contributed by atoms with Gasteiger partial charge in [-0.15, -0.1) is 0 Å². The first-order valence-corrected chi connectivity index (χ1v) is 14.3. The largest absolute Gasteiger partial charge is 0.481 e. The van der Waals surface area contributed by atoms with Crippen LogP contribution < -0.4 is 10.6 Å². The summed E-state index contributed by atoms with van der Waals surface area (Å²) in [6.07, 6.45) is 0.705. The molecule has 0 aliphatic carbocycles. The van der Waals surface area contributed by atoms with Crippen molar-refractivity contribution in [1.82, 2.24) is 30.2 Å². The van der Waals surface area contributed by atoms with Crippen LogP contribution in [0, 0.1) is 5.82 Å². The molecule has 4 aromatic rings. The number of rotatable bonds is 11. The van der Waals surface area contributed by atoms with Crippen molar-refractivity contribution >= 4 is 51.5 Å². The third-order valence-corrected chi connectivity index (χ3v) is 6.68. The van der Waals surface area contributed by atoms with Crippen LogP contribution in [0.4, 0.5) is 4.39 Å². The van der Waals surface area contributed by atoms with Crippen LogP contribution in [-0.2, 0) is 30.5 Å². The molecule has 2 aromatic heterocycles. The number of hydrogen-bond donors (Lipinski definition) is 3. The van der Waals surface area contributed by atoms with E-state index in [1.54, 1.807) is 39.0 Å². The van der Waals surface area contributed by atoms with Crippen molar-refractivity contribution in [1.29, 1.82) is 0 Å². The molecular formula is C31H35FN6O7. The lowest BCUT2D eigenvalue weighted by molar-refractivity contribution is -0.154. The third kappa shape index (κ3) is 7.88. The van der Waals surface area contributed by atoms with Gasteiger partial charge < -0.3 is 20.5 Å². The fraction of sp³-hybridized carbons (Fsp3) is 0.387. The van der Waals surface area contributed by atoms with E-state index in [1.165, 1.54) is 23.0 Å². The lowest BCUT2D eigenvalue weighted by atomic mass is 9.95. The number of ether oxygens (including phenoxy) is 1. The number of fused-ring (bicyclic) bond motifs is 2. The van der Waals surface area contributed by atoms with Gasteiger partial charge in [-0.3, -0.25) is 28.7 Å². The van der Waals surface area contributed by atoms with Crippen molar-refractivity contribution < 1.29 is 38.2 Å². The Balaban J connectivity index is 1.59. The molecule has 0 spiro atoms. The van der Waals surface area contributed by atoms with E-state index in [1.807, 2.05) is 13.8 Å². The fourth-order valence-corrected chi connectivity index (χ4v) is 4.76. The summed E-state index contributed by atoms with van der Waals surface area (Å²) >= 11 is 0. The average Bonchev–Trinajstić information content (AvgIpc) is 3.53. The third-order valence-electron chi connectivity index (χ3n) is 6.68. The molecule has 0 atom stereocenters. The number of carbonyl (C=O) groups is 5. The maximum atomic E-state index is 15.6. The maximum Gasteiger partial charge on any atom is 0.325 e. The summed E-state index contributed by atoms with van der Waals surface area (Å²) in [5, 5.41) is 23.5. The first-order valence-electron chi connectivity index (χ1n) is 14.3. The predicted octanol–water partition coefficient (Wildman–Crippen LogP) is 3.39. The highest BCUT2D eigenvalue weighted by Gasteiger charge is 2.23. The standard InChI is InChI=1S/C31H35FN6O7/c1-17(2)30-29-19(20-12-23-18(11-21(20)32)13-35-38(23)26(41)9-10-27(42)43)7-6-8-22(29)37(36-30)16-25(40)33-14-24(39)34-15-28(44)45-31(3,4)5/h6-8,11-13,17H,9-10,14-16H2,1-5H3,(H,33,40)(H,34,39)(H,42,43). The van der Waals surface area contributed by atoms with Crippen LogP contribution in [0.15, 0.2) is 36.5 Å². The monoisotopic (exact) mass is 622 g/mol. The Kier molecular flexibility index (Phi) is 9.64. The molecule has 0 radical (unpaired) electrons. The Labute approximate surface area is 257 Å². The van der Waals surface area contributed by atoms with Crippen molar-refractivity contribution in [3.05, 3.63) is 48.0 Å². The number of hydrogen-bond acceptors (Lipinski definition) is 8. The number of carboxylic acid groups (broad SMARTS) is 1. The second-order valence-electron chi connectivity index (χ2n) is 11.8. The van der Waals surface area contributed by atoms with Gasteiger partial charge in [0, 0.05) is 22.8 Å². The number of benzene rings is 2. The SMILES string of the molecule is CC(C)c1nn(CC(=O)NCC(=O)NCC(=O)OC(C)(C)C)c2cccc(-c3cc4c(cnn4C(=O)CCC(=O)O)cc3F)c12. The number of esters is 1. The minimum Gasteiger partial charge on any atom is -0.481 e. The highest BCUT2D eigenvalue weighted by Crippen LogP contribution is 2.37. The van der Waals surface area contributed by atoms with E-state index in [4.69, 9.17) is 9.84 Å². The molecule has 0 unspecified atom stereocenters. The number of amides is 2. The van der Waals surface area contributed by atoms with E-state index in [0.29, 0.717) is 33.1 Å². The summed E-state index contributed by atoms with van der Waals surface area (Å²) in [6.45, 7) is 8.00. The van der Waals surface area contributed by atoms with Crippen LogP contribution in [0.25, 0.3) is 32.9 Å². The molecule has 0 saturated carbocycles. The van der Waals surface area contributed by atoms with Gasteiger partial charge in [0.1, 0.15) is 24.5 Å². The molecule has 4 rings (SSSR count). The topological polar surface area (TPSA) is 175 Å². The van der Waals surface area contributed by atoms with Crippen molar-refractivity contribution in [3.8, 4) is 11.1 Å². The van der Waals surface area contributed by atoms with Gasteiger partial charge in [-0.1, -0.05) is 26.0 Å². The summed E-state index contributed by atoms with van der Waals surface area (Å²) < 4.78 is 23.2. The van der Waals surface area contributed by atoms with Crippen molar-refractivity contribution in [2.75, 3.05) is 13.1 Å². The van der Waals surface area contributed by atoms with Gasteiger partial charge in [-0.05, 0) is 50.5 Å². The van der Waals surface area contributed by atoms with Gasteiger partial charge in [-0.2, -0.15) is 10.2 Å². The van der Waals surface area contributed by atoms with Crippen LogP contribution in [0.1, 0.15) is 63.9 Å². The van der Waals surface area contributed by atoms with E-state index in [9.17, 15) is 24.0 Å². The second-order valence-corrected chi connectivity index (χ2v) is 11.8. The Morgan fingerprint density at radius 3 is 2.36 bits per heavy atom. The molecule has 14 heteroatoms. The van der Waals surface area contributed by atoms with Crippen LogP contribution in [-0.4, -0.2) is 73.0 Å². The number of halogens is 1. The Morgan fingerprint density at radius 1 is 0.978 bits per heavy atom. The molecule has 13 nitrogen and oxygen atoms in total. The summed E-state index contributed by atoms with van der Waals surface area (Å²) in [5.41, 5.74) is 1.44. The molecule has 0 bridgehead atoms. The molecular weight excluding hydrogens is 587 g/mol. The van der Waals surface area contributed by atoms with Crippen LogP contribution in [0.5, 0.6) is 0 Å². The minimum absolute atomic E-state index is 0.119. The normalized spacial score (nSPS) is 11.6. The van der Waals surface area contributed by atoms with Crippen molar-refractivity contribution in [2.45, 2.75) is 65.5 Å². The number of aromatic nitrogens is 4. The summed E-state index contributed by atoms with van der Waals surface area (Å²) in [6, 6.07) is 7.91. The smallest absolute Gasteiger partial charge is 0.325 e. The molecule has 0 aliphatic heterocycles. The maximum absolute atomic E-state index is 15.6. The average molecular weight is 623 g/mol. The number of carboxylic acids is 1. The lowest BCUT2D eigenvalue weighted by Gasteiger charge is -2.19. The molecule has 0 saturated heterocycles. The predicted molar refractivity (Wildman–Crippen MR) is 162 cm³/mol. The van der Waals surface area contributed by atoms with Crippen molar-refractivity contribution in [3.63, 3.8) is 0 Å². The highest BCUT2D eigenvalue weighted by atomic mass is 19.1.